The van der Waals surface area contributed by atoms with Crippen LogP contribution in [0.15, 0.2) is 96.1 Å². The van der Waals surface area contributed by atoms with Gasteiger partial charge >= 0.3 is 0 Å². The zero-order valence-corrected chi connectivity index (χ0v) is 12.6. The van der Waals surface area contributed by atoms with Crippen molar-refractivity contribution in [3.8, 4) is 0 Å². The van der Waals surface area contributed by atoms with E-state index in [0.29, 0.717) is 0 Å². The molecule has 2 heteroatoms. The summed E-state index contributed by atoms with van der Waals surface area (Å²) < 4.78 is 0. The van der Waals surface area contributed by atoms with Gasteiger partial charge in [0.25, 0.3) is 0 Å². The third kappa shape index (κ3) is 3.23. The van der Waals surface area contributed by atoms with Crippen molar-refractivity contribution in [1.82, 2.24) is 0 Å². The Hall–Kier alpha value is -2.87. The van der Waals surface area contributed by atoms with E-state index in [4.69, 9.17) is 5.10 Å². The third-order valence-electron chi connectivity index (χ3n) is 3.44. The van der Waals surface area contributed by atoms with Crippen LogP contribution in [-0.2, 0) is 0 Å². The molecule has 0 fully saturated rings. The van der Waals surface area contributed by atoms with Crippen LogP contribution in [0.2, 0.25) is 0 Å². The van der Waals surface area contributed by atoms with Crippen LogP contribution in [0.25, 0.3) is 0 Å². The Kier molecular flexibility index (Phi) is 4.30. The molecule has 0 aliphatic rings. The SMILES string of the molecule is C/C(=N/N(c1ccccc1)c1ccccc1)c1ccccc1. The normalized spacial score (nSPS) is 11.2. The van der Waals surface area contributed by atoms with Gasteiger partial charge < -0.3 is 0 Å². The van der Waals surface area contributed by atoms with Gasteiger partial charge in [-0.1, -0.05) is 66.7 Å². The standard InChI is InChI=1S/C20H18N2/c1-17(18-11-5-2-6-12-18)21-22(19-13-7-3-8-14-19)20-15-9-4-10-16-20/h2-16H,1H3/b21-17-. The topological polar surface area (TPSA) is 15.6 Å². The zero-order valence-electron chi connectivity index (χ0n) is 12.6. The second kappa shape index (κ2) is 6.72. The zero-order chi connectivity index (χ0) is 15.2. The van der Waals surface area contributed by atoms with Crippen molar-refractivity contribution in [1.29, 1.82) is 0 Å². The summed E-state index contributed by atoms with van der Waals surface area (Å²) in [7, 11) is 0. The molecule has 0 heterocycles. The molecule has 0 amide bonds. The maximum absolute atomic E-state index is 4.84. The van der Waals surface area contributed by atoms with Gasteiger partial charge in [0.2, 0.25) is 0 Å². The van der Waals surface area contributed by atoms with E-state index in [-0.39, 0.29) is 0 Å². The average molecular weight is 286 g/mol. The van der Waals surface area contributed by atoms with E-state index in [9.17, 15) is 0 Å². The van der Waals surface area contributed by atoms with Gasteiger partial charge in [-0.25, -0.2) is 5.01 Å². The van der Waals surface area contributed by atoms with E-state index in [1.54, 1.807) is 0 Å². The molecular formula is C20H18N2. The molecule has 0 saturated carbocycles. The first kappa shape index (κ1) is 14.1. The first-order valence-corrected chi connectivity index (χ1v) is 7.35. The predicted molar refractivity (Wildman–Crippen MR) is 93.7 cm³/mol. The smallest absolute Gasteiger partial charge is 0.0655 e. The Morgan fingerprint density at radius 3 is 1.50 bits per heavy atom. The van der Waals surface area contributed by atoms with Crippen molar-refractivity contribution in [2.45, 2.75) is 6.92 Å². The summed E-state index contributed by atoms with van der Waals surface area (Å²) in [5, 5.41) is 6.81. The fourth-order valence-electron chi connectivity index (χ4n) is 2.29. The molecule has 0 bridgehead atoms. The molecule has 2 nitrogen and oxygen atoms in total. The second-order valence-electron chi connectivity index (χ2n) is 5.03. The fraction of sp³-hybridized carbons (Fsp3) is 0.0500. The highest BCUT2D eigenvalue weighted by Gasteiger charge is 2.08. The lowest BCUT2D eigenvalue weighted by Gasteiger charge is -2.20. The van der Waals surface area contributed by atoms with Crippen LogP contribution in [0.3, 0.4) is 0 Å². The van der Waals surface area contributed by atoms with Crippen LogP contribution in [0.5, 0.6) is 0 Å². The van der Waals surface area contributed by atoms with Crippen molar-refractivity contribution in [2.75, 3.05) is 5.01 Å². The molecule has 0 aliphatic heterocycles. The van der Waals surface area contributed by atoms with Crippen molar-refractivity contribution in [3.63, 3.8) is 0 Å². The van der Waals surface area contributed by atoms with Crippen LogP contribution in [0.1, 0.15) is 12.5 Å². The maximum atomic E-state index is 4.84. The Morgan fingerprint density at radius 1 is 0.636 bits per heavy atom. The van der Waals surface area contributed by atoms with Crippen LogP contribution in [-0.4, -0.2) is 5.71 Å². The Morgan fingerprint density at radius 2 is 1.05 bits per heavy atom. The third-order valence-corrected chi connectivity index (χ3v) is 3.44. The number of hydrogen-bond acceptors (Lipinski definition) is 2. The van der Waals surface area contributed by atoms with Crippen LogP contribution >= 0.6 is 0 Å². The Labute approximate surface area is 131 Å². The molecule has 108 valence electrons. The van der Waals surface area contributed by atoms with Gasteiger partial charge in [-0.05, 0) is 36.8 Å². The highest BCUT2D eigenvalue weighted by Crippen LogP contribution is 2.25. The van der Waals surface area contributed by atoms with E-state index in [1.165, 1.54) is 0 Å². The van der Waals surface area contributed by atoms with E-state index in [0.717, 1.165) is 22.6 Å². The highest BCUT2D eigenvalue weighted by molar-refractivity contribution is 5.99. The number of para-hydroxylation sites is 2. The second-order valence-corrected chi connectivity index (χ2v) is 5.03. The summed E-state index contributed by atoms with van der Waals surface area (Å²) >= 11 is 0. The number of nitrogens with zero attached hydrogens (tertiary/aromatic N) is 2. The Bertz CT molecular complexity index is 695. The lowest BCUT2D eigenvalue weighted by Crippen LogP contribution is -2.12. The summed E-state index contributed by atoms with van der Waals surface area (Å²) in [6.45, 7) is 2.04. The molecule has 0 aromatic heterocycles. The molecule has 22 heavy (non-hydrogen) atoms. The summed E-state index contributed by atoms with van der Waals surface area (Å²) in [6, 6.07) is 30.6. The molecule has 0 atom stereocenters. The first-order valence-electron chi connectivity index (χ1n) is 7.35. The van der Waals surface area contributed by atoms with Gasteiger partial charge in [0.1, 0.15) is 0 Å². The number of anilines is 2. The highest BCUT2D eigenvalue weighted by atomic mass is 15.5. The van der Waals surface area contributed by atoms with Gasteiger partial charge in [-0.15, -0.1) is 0 Å². The average Bonchev–Trinajstić information content (AvgIpc) is 2.62. The van der Waals surface area contributed by atoms with Crippen LogP contribution in [0, 0.1) is 0 Å². The molecule has 3 aromatic rings. The van der Waals surface area contributed by atoms with Crippen molar-refractivity contribution in [2.24, 2.45) is 5.10 Å². The number of rotatable bonds is 4. The molecule has 0 radical (unpaired) electrons. The fourth-order valence-corrected chi connectivity index (χ4v) is 2.29. The summed E-state index contributed by atoms with van der Waals surface area (Å²) in [5.41, 5.74) is 4.20. The Balaban J connectivity index is 2.03. The van der Waals surface area contributed by atoms with Gasteiger partial charge in [-0.3, -0.25) is 0 Å². The molecular weight excluding hydrogens is 268 g/mol. The van der Waals surface area contributed by atoms with Crippen molar-refractivity contribution >= 4 is 17.1 Å². The number of benzene rings is 3. The van der Waals surface area contributed by atoms with Crippen molar-refractivity contribution in [3.05, 3.63) is 96.6 Å². The predicted octanol–water partition coefficient (Wildman–Crippen LogP) is 5.25. The van der Waals surface area contributed by atoms with Crippen LogP contribution < -0.4 is 5.01 Å². The maximum Gasteiger partial charge on any atom is 0.0655 e. The van der Waals surface area contributed by atoms with E-state index < -0.39 is 0 Å². The molecule has 0 unspecified atom stereocenters. The molecule has 3 rings (SSSR count). The molecule has 0 spiro atoms. The lowest BCUT2D eigenvalue weighted by molar-refractivity contribution is 1.08. The van der Waals surface area contributed by atoms with Gasteiger partial charge in [0.05, 0.1) is 17.1 Å². The van der Waals surface area contributed by atoms with Gasteiger partial charge in [0, 0.05) is 0 Å². The minimum Gasteiger partial charge on any atom is -0.234 e. The summed E-state index contributed by atoms with van der Waals surface area (Å²) in [4.78, 5) is 0. The monoisotopic (exact) mass is 286 g/mol. The molecule has 0 N–H and O–H groups in total. The molecule has 0 aliphatic carbocycles. The van der Waals surface area contributed by atoms with Gasteiger partial charge in [0.15, 0.2) is 0 Å². The molecule has 0 saturated heterocycles. The minimum atomic E-state index is 0.980. The lowest BCUT2D eigenvalue weighted by atomic mass is 10.1. The first-order chi connectivity index (χ1) is 10.8. The quantitative estimate of drug-likeness (QED) is 0.472. The van der Waals surface area contributed by atoms with E-state index in [1.807, 2.05) is 66.5 Å². The number of hydrogen-bond donors (Lipinski definition) is 0. The van der Waals surface area contributed by atoms with Crippen LogP contribution in [0.4, 0.5) is 11.4 Å². The van der Waals surface area contributed by atoms with Gasteiger partial charge in [-0.2, -0.15) is 5.10 Å². The number of hydrazone groups is 1. The van der Waals surface area contributed by atoms with E-state index in [2.05, 4.69) is 36.4 Å². The minimum absolute atomic E-state index is 0.980. The summed E-state index contributed by atoms with van der Waals surface area (Å²) in [6.07, 6.45) is 0. The largest absolute Gasteiger partial charge is 0.234 e. The molecule has 3 aromatic carbocycles. The summed E-state index contributed by atoms with van der Waals surface area (Å²) in [5.74, 6) is 0. The van der Waals surface area contributed by atoms with Crippen molar-refractivity contribution < 1.29 is 0 Å². The van der Waals surface area contributed by atoms with E-state index >= 15 is 0 Å².